The number of nitrogens with one attached hydrogen (secondary N) is 3. The molecule has 0 bridgehead atoms. The van der Waals surface area contributed by atoms with Crippen molar-refractivity contribution in [2.45, 2.75) is 6.04 Å². The minimum absolute atomic E-state index is 0.142. The SMILES string of the molecule is COC[C@@H](Nc1c(-c2nc3c(F)cc(N4CCOCC4)cc3[nH]2)c(=O)[nH]c2cn(C)nc12)c1ncccn1. The van der Waals surface area contributed by atoms with Crippen molar-refractivity contribution in [1.82, 2.24) is 34.7 Å². The second kappa shape index (κ2) is 9.84. The van der Waals surface area contributed by atoms with Gasteiger partial charge < -0.3 is 29.7 Å². The van der Waals surface area contributed by atoms with Crippen LogP contribution in [-0.4, -0.2) is 74.7 Å². The summed E-state index contributed by atoms with van der Waals surface area (Å²) in [6, 6.07) is 4.52. The van der Waals surface area contributed by atoms with Gasteiger partial charge >= 0.3 is 0 Å². The average molecular weight is 520 g/mol. The van der Waals surface area contributed by atoms with Crippen LogP contribution in [-0.2, 0) is 16.5 Å². The van der Waals surface area contributed by atoms with E-state index in [9.17, 15) is 4.79 Å². The number of rotatable bonds is 7. The highest BCUT2D eigenvalue weighted by atomic mass is 19.1. The zero-order chi connectivity index (χ0) is 26.2. The number of methoxy groups -OCH3 is 1. The number of hydrogen-bond acceptors (Lipinski definition) is 9. The molecule has 0 unspecified atom stereocenters. The van der Waals surface area contributed by atoms with Gasteiger partial charge in [0.2, 0.25) is 0 Å². The first-order valence-corrected chi connectivity index (χ1v) is 12.2. The van der Waals surface area contributed by atoms with E-state index in [1.54, 1.807) is 43.5 Å². The molecule has 1 saturated heterocycles. The van der Waals surface area contributed by atoms with Crippen molar-refractivity contribution in [2.75, 3.05) is 50.2 Å². The van der Waals surface area contributed by atoms with Gasteiger partial charge in [-0.1, -0.05) is 0 Å². The Hall–Kier alpha value is -4.36. The van der Waals surface area contributed by atoms with Crippen LogP contribution in [0.2, 0.25) is 0 Å². The molecule has 1 atom stereocenters. The standard InChI is InChI=1S/C25H26FN9O3/c1-34-12-17-21(33-34)22(29-18(13-37-2)23-27-4-3-5-28-23)19(25(36)31-17)24-30-16-11-14(10-15(26)20(16)32-24)35-6-8-38-9-7-35/h3-5,10-12,18,29H,6-9,13H2,1-2H3,(H,30,32)(H,31,36)/t18-/m1/s1. The quantitative estimate of drug-likeness (QED) is 0.296. The number of halogens is 1. The van der Waals surface area contributed by atoms with Crippen LogP contribution in [0.4, 0.5) is 15.8 Å². The van der Waals surface area contributed by atoms with E-state index in [1.807, 2.05) is 6.07 Å². The smallest absolute Gasteiger partial charge is 0.261 e. The van der Waals surface area contributed by atoms with E-state index in [0.717, 1.165) is 5.69 Å². The number of nitrogens with zero attached hydrogens (tertiary/aromatic N) is 6. The molecule has 0 saturated carbocycles. The highest BCUT2D eigenvalue weighted by Crippen LogP contribution is 2.34. The first-order valence-electron chi connectivity index (χ1n) is 12.2. The van der Waals surface area contributed by atoms with Crippen LogP contribution in [0, 0.1) is 5.82 Å². The van der Waals surface area contributed by atoms with Crippen LogP contribution in [0.3, 0.4) is 0 Å². The number of aromatic amines is 2. The Kier molecular flexibility index (Phi) is 6.21. The molecule has 12 nitrogen and oxygen atoms in total. The van der Waals surface area contributed by atoms with Crippen molar-refractivity contribution in [2.24, 2.45) is 7.05 Å². The van der Waals surface area contributed by atoms with Crippen LogP contribution in [0.5, 0.6) is 0 Å². The summed E-state index contributed by atoms with van der Waals surface area (Å²) in [4.78, 5) is 34.7. The molecule has 1 aliphatic rings. The molecule has 0 radical (unpaired) electrons. The van der Waals surface area contributed by atoms with E-state index in [2.05, 4.69) is 40.2 Å². The van der Waals surface area contributed by atoms with E-state index in [1.165, 1.54) is 6.07 Å². The topological polar surface area (TPSA) is 139 Å². The summed E-state index contributed by atoms with van der Waals surface area (Å²) in [6.45, 7) is 2.71. The number of anilines is 2. The zero-order valence-corrected chi connectivity index (χ0v) is 20.9. The Labute approximate surface area is 215 Å². The molecule has 196 valence electrons. The number of benzene rings is 1. The Balaban J connectivity index is 1.50. The van der Waals surface area contributed by atoms with Crippen molar-refractivity contribution in [3.8, 4) is 11.4 Å². The Morgan fingerprint density at radius 1 is 1.16 bits per heavy atom. The van der Waals surface area contributed by atoms with Gasteiger partial charge in [0.1, 0.15) is 28.5 Å². The first-order chi connectivity index (χ1) is 18.5. The minimum Gasteiger partial charge on any atom is -0.382 e. The minimum atomic E-state index is -0.499. The molecule has 38 heavy (non-hydrogen) atoms. The third-order valence-electron chi connectivity index (χ3n) is 6.48. The van der Waals surface area contributed by atoms with Gasteiger partial charge in [0, 0.05) is 51.5 Å². The lowest BCUT2D eigenvalue weighted by Gasteiger charge is -2.28. The number of fused-ring (bicyclic) bond motifs is 2. The lowest BCUT2D eigenvalue weighted by atomic mass is 10.1. The molecule has 13 heteroatoms. The third-order valence-corrected chi connectivity index (χ3v) is 6.48. The van der Waals surface area contributed by atoms with Crippen molar-refractivity contribution in [3.63, 3.8) is 0 Å². The molecule has 0 spiro atoms. The molecule has 1 aliphatic heterocycles. The van der Waals surface area contributed by atoms with Gasteiger partial charge in [0.05, 0.1) is 36.5 Å². The van der Waals surface area contributed by atoms with E-state index < -0.39 is 17.4 Å². The van der Waals surface area contributed by atoms with E-state index >= 15 is 4.39 Å². The Morgan fingerprint density at radius 3 is 2.71 bits per heavy atom. The highest BCUT2D eigenvalue weighted by molar-refractivity contribution is 5.97. The molecule has 3 N–H and O–H groups in total. The molecule has 4 aromatic heterocycles. The number of imidazole rings is 1. The summed E-state index contributed by atoms with van der Waals surface area (Å²) in [5.74, 6) is 0.209. The largest absolute Gasteiger partial charge is 0.382 e. The number of morpholine rings is 1. The molecule has 1 aromatic carbocycles. The maximum absolute atomic E-state index is 15.2. The molecular weight excluding hydrogens is 493 g/mol. The summed E-state index contributed by atoms with van der Waals surface area (Å²) >= 11 is 0. The molecule has 6 rings (SSSR count). The maximum Gasteiger partial charge on any atom is 0.261 e. The van der Waals surface area contributed by atoms with Crippen LogP contribution < -0.4 is 15.8 Å². The van der Waals surface area contributed by atoms with Crippen LogP contribution in [0.25, 0.3) is 33.5 Å². The Bertz CT molecular complexity index is 1660. The second-order valence-corrected chi connectivity index (χ2v) is 9.04. The molecule has 1 fully saturated rings. The maximum atomic E-state index is 15.2. The molecular formula is C25H26FN9O3. The number of hydrogen-bond donors (Lipinski definition) is 3. The molecule has 5 heterocycles. The van der Waals surface area contributed by atoms with E-state index in [0.29, 0.717) is 54.4 Å². The monoisotopic (exact) mass is 519 g/mol. The number of H-pyrrole nitrogens is 2. The second-order valence-electron chi connectivity index (χ2n) is 9.04. The summed E-state index contributed by atoms with van der Waals surface area (Å²) < 4.78 is 27.7. The van der Waals surface area contributed by atoms with Crippen molar-refractivity contribution in [3.05, 3.63) is 58.8 Å². The van der Waals surface area contributed by atoms with Gasteiger partial charge in [-0.05, 0) is 18.2 Å². The number of aromatic nitrogens is 7. The summed E-state index contributed by atoms with van der Waals surface area (Å²) in [5.41, 5.74) is 2.58. The fraction of sp³-hybridized carbons (Fsp3) is 0.320. The normalized spacial score (nSPS) is 14.9. The molecule has 0 amide bonds. The van der Waals surface area contributed by atoms with Crippen LogP contribution >= 0.6 is 0 Å². The third kappa shape index (κ3) is 4.35. The van der Waals surface area contributed by atoms with E-state index in [-0.39, 0.29) is 23.5 Å². The summed E-state index contributed by atoms with van der Waals surface area (Å²) in [6.07, 6.45) is 4.98. The lowest BCUT2D eigenvalue weighted by Crippen LogP contribution is -2.36. The Morgan fingerprint density at radius 2 is 1.95 bits per heavy atom. The van der Waals surface area contributed by atoms with Crippen molar-refractivity contribution >= 4 is 33.4 Å². The number of ether oxygens (including phenoxy) is 2. The molecule has 5 aromatic rings. The van der Waals surface area contributed by atoms with Gasteiger partial charge in [-0.15, -0.1) is 0 Å². The number of aryl methyl sites for hydroxylation is 1. The fourth-order valence-corrected chi connectivity index (χ4v) is 4.74. The van der Waals surface area contributed by atoms with Gasteiger partial charge in [-0.3, -0.25) is 9.48 Å². The number of pyridine rings is 1. The van der Waals surface area contributed by atoms with Gasteiger partial charge in [0.15, 0.2) is 11.6 Å². The van der Waals surface area contributed by atoms with Crippen LogP contribution in [0.15, 0.2) is 41.6 Å². The van der Waals surface area contributed by atoms with Gasteiger partial charge in [-0.2, -0.15) is 5.10 Å². The van der Waals surface area contributed by atoms with E-state index in [4.69, 9.17) is 9.47 Å². The highest BCUT2D eigenvalue weighted by Gasteiger charge is 2.25. The summed E-state index contributed by atoms with van der Waals surface area (Å²) in [5, 5.41) is 7.92. The predicted molar refractivity (Wildman–Crippen MR) is 140 cm³/mol. The first kappa shape index (κ1) is 24.0. The average Bonchev–Trinajstić information content (AvgIpc) is 3.52. The van der Waals surface area contributed by atoms with Gasteiger partial charge in [0.25, 0.3) is 5.56 Å². The zero-order valence-electron chi connectivity index (χ0n) is 20.9. The molecule has 0 aliphatic carbocycles. The lowest BCUT2D eigenvalue weighted by molar-refractivity contribution is 0.122. The summed E-state index contributed by atoms with van der Waals surface area (Å²) in [7, 11) is 3.33. The van der Waals surface area contributed by atoms with Crippen molar-refractivity contribution < 1.29 is 13.9 Å². The predicted octanol–water partition coefficient (Wildman–Crippen LogP) is 2.37. The van der Waals surface area contributed by atoms with Gasteiger partial charge in [-0.25, -0.2) is 19.3 Å². The van der Waals surface area contributed by atoms with Crippen LogP contribution in [0.1, 0.15) is 11.9 Å². The van der Waals surface area contributed by atoms with Crippen molar-refractivity contribution in [1.29, 1.82) is 0 Å². The fourth-order valence-electron chi connectivity index (χ4n) is 4.74.